The fourth-order valence-electron chi connectivity index (χ4n) is 3.75. The highest BCUT2D eigenvalue weighted by molar-refractivity contribution is 6.01. The number of carbonyl (C=O) groups is 2. The first-order valence-corrected chi connectivity index (χ1v) is 8.55. The van der Waals surface area contributed by atoms with E-state index in [1.807, 2.05) is 31.7 Å². The van der Waals surface area contributed by atoms with Crippen LogP contribution in [0.5, 0.6) is 5.75 Å². The molecule has 2 heterocycles. The van der Waals surface area contributed by atoms with E-state index in [1.165, 1.54) is 0 Å². The number of likely N-dealkylation sites (tertiary alicyclic amines) is 1. The molecule has 4 heteroatoms. The van der Waals surface area contributed by atoms with Gasteiger partial charge in [0.05, 0.1) is 12.0 Å². The summed E-state index contributed by atoms with van der Waals surface area (Å²) < 4.78 is 6.35. The number of carbonyl (C=O) groups excluding carboxylic acids is 2. The predicted molar refractivity (Wildman–Crippen MR) is 88.9 cm³/mol. The van der Waals surface area contributed by atoms with Crippen molar-refractivity contribution in [3.05, 3.63) is 28.8 Å². The number of benzene rings is 1. The Morgan fingerprint density at radius 1 is 1.26 bits per heavy atom. The summed E-state index contributed by atoms with van der Waals surface area (Å²) in [5, 5.41) is 0. The molecule has 2 aliphatic rings. The molecule has 0 aromatic heterocycles. The molecule has 1 saturated heterocycles. The molecule has 4 nitrogen and oxygen atoms in total. The average Bonchev–Trinajstić information content (AvgIpc) is 2.50. The van der Waals surface area contributed by atoms with Crippen LogP contribution in [0.1, 0.15) is 60.5 Å². The fourth-order valence-corrected chi connectivity index (χ4v) is 3.75. The van der Waals surface area contributed by atoms with Crippen LogP contribution < -0.4 is 4.74 Å². The van der Waals surface area contributed by atoms with E-state index in [-0.39, 0.29) is 11.7 Å². The van der Waals surface area contributed by atoms with Gasteiger partial charge in [-0.3, -0.25) is 9.59 Å². The lowest BCUT2D eigenvalue weighted by atomic mass is 9.81. The Hall–Kier alpha value is -1.84. The zero-order chi connectivity index (χ0) is 16.6. The number of ketones is 1. The molecule has 0 unspecified atom stereocenters. The molecule has 0 saturated carbocycles. The number of rotatable bonds is 2. The first-order valence-electron chi connectivity index (χ1n) is 8.55. The van der Waals surface area contributed by atoms with Gasteiger partial charge in [-0.05, 0) is 37.5 Å². The van der Waals surface area contributed by atoms with E-state index in [0.29, 0.717) is 25.9 Å². The third-order valence-corrected chi connectivity index (χ3v) is 5.01. The van der Waals surface area contributed by atoms with Crippen LogP contribution in [0.3, 0.4) is 0 Å². The van der Waals surface area contributed by atoms with Gasteiger partial charge in [-0.2, -0.15) is 0 Å². The highest BCUT2D eigenvalue weighted by Gasteiger charge is 2.44. The highest BCUT2D eigenvalue weighted by Crippen LogP contribution is 2.41. The smallest absolute Gasteiger partial charge is 0.222 e. The number of amides is 1. The molecule has 1 aromatic carbocycles. The summed E-state index contributed by atoms with van der Waals surface area (Å²) in [4.78, 5) is 26.6. The van der Waals surface area contributed by atoms with E-state index in [4.69, 9.17) is 4.74 Å². The second kappa shape index (κ2) is 5.99. The lowest BCUT2D eigenvalue weighted by Crippen LogP contribution is -2.52. The van der Waals surface area contributed by atoms with Crippen molar-refractivity contribution in [2.45, 2.75) is 58.5 Å². The zero-order valence-electron chi connectivity index (χ0n) is 14.3. The van der Waals surface area contributed by atoms with Gasteiger partial charge in [0.1, 0.15) is 11.4 Å². The van der Waals surface area contributed by atoms with Gasteiger partial charge in [-0.25, -0.2) is 0 Å². The molecule has 0 atom stereocenters. The van der Waals surface area contributed by atoms with Crippen molar-refractivity contribution >= 4 is 11.7 Å². The fraction of sp³-hybridized carbons (Fsp3) is 0.579. The number of nitrogens with zero attached hydrogens (tertiary/aromatic N) is 1. The van der Waals surface area contributed by atoms with Crippen LogP contribution >= 0.6 is 0 Å². The van der Waals surface area contributed by atoms with Crippen LogP contribution in [-0.4, -0.2) is 35.3 Å². The summed E-state index contributed by atoms with van der Waals surface area (Å²) in [6.07, 6.45) is 3.38. The van der Waals surface area contributed by atoms with Gasteiger partial charge < -0.3 is 9.64 Å². The molecule has 0 radical (unpaired) electrons. The van der Waals surface area contributed by atoms with E-state index >= 15 is 0 Å². The standard InChI is InChI=1S/C19H25NO3/c1-4-5-17(22)20-8-6-19(7-9-20)12-16(21)15-11-13(2)10-14(3)18(15)23-19/h10-11H,4-9,12H2,1-3H3. The van der Waals surface area contributed by atoms with Crippen LogP contribution in [0.4, 0.5) is 0 Å². The second-order valence-corrected chi connectivity index (χ2v) is 6.97. The number of piperidine rings is 1. The topological polar surface area (TPSA) is 46.6 Å². The Morgan fingerprint density at radius 3 is 2.61 bits per heavy atom. The molecule has 1 amide bonds. The largest absolute Gasteiger partial charge is 0.486 e. The van der Waals surface area contributed by atoms with E-state index in [2.05, 4.69) is 6.07 Å². The number of hydrogen-bond donors (Lipinski definition) is 0. The Balaban J connectivity index is 1.79. The summed E-state index contributed by atoms with van der Waals surface area (Å²) in [5.74, 6) is 1.14. The van der Waals surface area contributed by atoms with Gasteiger partial charge in [0.2, 0.25) is 5.91 Å². The quantitative estimate of drug-likeness (QED) is 0.840. The maximum absolute atomic E-state index is 12.6. The summed E-state index contributed by atoms with van der Waals surface area (Å²) in [5.41, 5.74) is 2.41. The minimum absolute atomic E-state index is 0.173. The Morgan fingerprint density at radius 2 is 1.96 bits per heavy atom. The van der Waals surface area contributed by atoms with Crippen molar-refractivity contribution in [3.63, 3.8) is 0 Å². The van der Waals surface area contributed by atoms with Gasteiger partial charge >= 0.3 is 0 Å². The summed E-state index contributed by atoms with van der Waals surface area (Å²) in [7, 11) is 0. The van der Waals surface area contributed by atoms with E-state index in [1.54, 1.807) is 0 Å². The van der Waals surface area contributed by atoms with Crippen LogP contribution in [0.25, 0.3) is 0 Å². The molecule has 1 aromatic rings. The Kier molecular flexibility index (Phi) is 4.17. The van der Waals surface area contributed by atoms with Crippen LogP contribution in [0.2, 0.25) is 0 Å². The van der Waals surface area contributed by atoms with E-state index < -0.39 is 5.60 Å². The third kappa shape index (κ3) is 2.99. The lowest BCUT2D eigenvalue weighted by molar-refractivity contribution is -0.134. The lowest BCUT2D eigenvalue weighted by Gasteiger charge is -2.44. The highest BCUT2D eigenvalue weighted by atomic mass is 16.5. The van der Waals surface area contributed by atoms with Crippen LogP contribution in [0, 0.1) is 13.8 Å². The van der Waals surface area contributed by atoms with Gasteiger partial charge in [0, 0.05) is 32.4 Å². The van der Waals surface area contributed by atoms with E-state index in [0.717, 1.165) is 41.7 Å². The summed E-state index contributed by atoms with van der Waals surface area (Å²) in [6.45, 7) is 7.40. The second-order valence-electron chi connectivity index (χ2n) is 6.97. The van der Waals surface area contributed by atoms with Crippen molar-refractivity contribution in [1.82, 2.24) is 4.90 Å². The van der Waals surface area contributed by atoms with Gasteiger partial charge in [0.25, 0.3) is 0 Å². The minimum Gasteiger partial charge on any atom is -0.486 e. The molecule has 1 fully saturated rings. The number of hydrogen-bond acceptors (Lipinski definition) is 3. The molecule has 23 heavy (non-hydrogen) atoms. The van der Waals surface area contributed by atoms with Crippen LogP contribution in [0.15, 0.2) is 12.1 Å². The van der Waals surface area contributed by atoms with Crippen molar-refractivity contribution in [1.29, 1.82) is 0 Å². The summed E-state index contributed by atoms with van der Waals surface area (Å²) >= 11 is 0. The first kappa shape index (κ1) is 16.0. The first-order chi connectivity index (χ1) is 10.9. The number of ether oxygens (including phenoxy) is 1. The van der Waals surface area contributed by atoms with Gasteiger partial charge in [-0.15, -0.1) is 0 Å². The van der Waals surface area contributed by atoms with Gasteiger partial charge in [0.15, 0.2) is 5.78 Å². The van der Waals surface area contributed by atoms with Crippen molar-refractivity contribution < 1.29 is 14.3 Å². The van der Waals surface area contributed by atoms with Crippen molar-refractivity contribution in [2.24, 2.45) is 0 Å². The van der Waals surface area contributed by atoms with Crippen molar-refractivity contribution in [3.8, 4) is 5.75 Å². The molecule has 0 N–H and O–H groups in total. The maximum Gasteiger partial charge on any atom is 0.222 e. The number of Topliss-reactive ketones (excluding diaryl/α,β-unsaturated/α-hetero) is 1. The predicted octanol–water partition coefficient (Wildman–Crippen LogP) is 3.43. The third-order valence-electron chi connectivity index (χ3n) is 5.01. The molecular weight excluding hydrogens is 290 g/mol. The number of fused-ring (bicyclic) bond motifs is 1. The molecule has 0 bridgehead atoms. The molecule has 2 aliphatic heterocycles. The van der Waals surface area contributed by atoms with Crippen molar-refractivity contribution in [2.75, 3.05) is 13.1 Å². The summed E-state index contributed by atoms with van der Waals surface area (Å²) in [6, 6.07) is 3.99. The monoisotopic (exact) mass is 315 g/mol. The number of aryl methyl sites for hydroxylation is 2. The minimum atomic E-state index is -0.424. The molecule has 124 valence electrons. The zero-order valence-corrected chi connectivity index (χ0v) is 14.3. The normalized spacial score (nSPS) is 19.4. The average molecular weight is 315 g/mol. The van der Waals surface area contributed by atoms with Gasteiger partial charge in [-0.1, -0.05) is 13.0 Å². The molecule has 0 aliphatic carbocycles. The maximum atomic E-state index is 12.6. The van der Waals surface area contributed by atoms with Crippen LogP contribution in [-0.2, 0) is 4.79 Å². The Labute approximate surface area is 137 Å². The SMILES string of the molecule is CCCC(=O)N1CCC2(CC1)CC(=O)c1cc(C)cc(C)c1O2. The molecule has 1 spiro atoms. The molecular formula is C19H25NO3. The Bertz CT molecular complexity index is 642. The molecule has 3 rings (SSSR count). The van der Waals surface area contributed by atoms with E-state index in [9.17, 15) is 9.59 Å².